The summed E-state index contributed by atoms with van der Waals surface area (Å²) in [6.45, 7) is -0.213. The van der Waals surface area contributed by atoms with Gasteiger partial charge < -0.3 is 16.2 Å². The Kier molecular flexibility index (Phi) is 4.47. The van der Waals surface area contributed by atoms with Gasteiger partial charge >= 0.3 is 5.97 Å². The largest absolute Gasteiger partial charge is 0.480 e. The molecule has 0 saturated carbocycles. The normalized spacial score (nSPS) is 11.1. The van der Waals surface area contributed by atoms with Gasteiger partial charge in [0.25, 0.3) is 0 Å². The van der Waals surface area contributed by atoms with E-state index in [9.17, 15) is 13.2 Å². The standard InChI is InChI=1S/C10H14N2O4S/c11-4-5-17(15,16)9-3-1-2-8(6-9)12-7-10(13)14/h1-3,6,12H,4-5,7,11H2,(H,13,14). The van der Waals surface area contributed by atoms with Crippen molar-refractivity contribution in [2.45, 2.75) is 4.90 Å². The summed E-state index contributed by atoms with van der Waals surface area (Å²) in [5, 5.41) is 11.1. The van der Waals surface area contributed by atoms with Gasteiger partial charge in [-0.2, -0.15) is 0 Å². The van der Waals surface area contributed by atoms with Crippen molar-refractivity contribution in [2.75, 3.05) is 24.2 Å². The molecule has 0 spiro atoms. The number of sulfone groups is 1. The maximum absolute atomic E-state index is 11.7. The van der Waals surface area contributed by atoms with Crippen LogP contribution in [0.3, 0.4) is 0 Å². The molecule has 0 radical (unpaired) electrons. The number of carbonyl (C=O) groups is 1. The second-order valence-electron chi connectivity index (χ2n) is 3.38. The number of carboxylic acids is 1. The molecule has 0 aromatic heterocycles. The number of nitrogens with one attached hydrogen (secondary N) is 1. The van der Waals surface area contributed by atoms with E-state index in [1.54, 1.807) is 12.1 Å². The number of carboxylic acid groups (broad SMARTS) is 1. The van der Waals surface area contributed by atoms with Crippen LogP contribution in [-0.2, 0) is 14.6 Å². The molecule has 0 aliphatic carbocycles. The molecule has 94 valence electrons. The van der Waals surface area contributed by atoms with Crippen molar-refractivity contribution < 1.29 is 18.3 Å². The Morgan fingerprint density at radius 1 is 1.41 bits per heavy atom. The lowest BCUT2D eigenvalue weighted by Crippen LogP contribution is -2.16. The van der Waals surface area contributed by atoms with E-state index in [1.807, 2.05) is 0 Å². The Hall–Kier alpha value is -1.60. The fourth-order valence-electron chi connectivity index (χ4n) is 1.25. The Balaban J connectivity index is 2.89. The van der Waals surface area contributed by atoms with Gasteiger partial charge in [-0.25, -0.2) is 8.42 Å². The molecule has 1 aromatic carbocycles. The van der Waals surface area contributed by atoms with Crippen LogP contribution < -0.4 is 11.1 Å². The Labute approximate surface area is 99.4 Å². The first-order valence-electron chi connectivity index (χ1n) is 4.94. The average Bonchev–Trinajstić information content (AvgIpc) is 2.27. The van der Waals surface area contributed by atoms with E-state index in [-0.39, 0.29) is 23.7 Å². The number of aliphatic carboxylic acids is 1. The fraction of sp³-hybridized carbons (Fsp3) is 0.300. The average molecular weight is 258 g/mol. The van der Waals surface area contributed by atoms with E-state index < -0.39 is 15.8 Å². The van der Waals surface area contributed by atoms with Crippen LogP contribution >= 0.6 is 0 Å². The zero-order valence-electron chi connectivity index (χ0n) is 9.09. The minimum absolute atomic E-state index is 0.0507. The molecule has 0 aliphatic heterocycles. The smallest absolute Gasteiger partial charge is 0.322 e. The van der Waals surface area contributed by atoms with E-state index in [2.05, 4.69) is 5.32 Å². The lowest BCUT2D eigenvalue weighted by atomic mass is 10.3. The van der Waals surface area contributed by atoms with Gasteiger partial charge in [0.05, 0.1) is 10.6 Å². The molecular weight excluding hydrogens is 244 g/mol. The van der Waals surface area contributed by atoms with Gasteiger partial charge in [0, 0.05) is 12.2 Å². The van der Waals surface area contributed by atoms with Crippen molar-refractivity contribution in [3.05, 3.63) is 24.3 Å². The Morgan fingerprint density at radius 2 is 2.12 bits per heavy atom. The molecule has 7 heteroatoms. The van der Waals surface area contributed by atoms with Crippen LogP contribution in [0.25, 0.3) is 0 Å². The van der Waals surface area contributed by atoms with Crippen molar-refractivity contribution in [1.82, 2.24) is 0 Å². The highest BCUT2D eigenvalue weighted by molar-refractivity contribution is 7.91. The molecule has 0 amide bonds. The second kappa shape index (κ2) is 5.65. The Morgan fingerprint density at radius 3 is 2.71 bits per heavy atom. The monoisotopic (exact) mass is 258 g/mol. The van der Waals surface area contributed by atoms with E-state index in [4.69, 9.17) is 10.8 Å². The molecule has 4 N–H and O–H groups in total. The summed E-state index contributed by atoms with van der Waals surface area (Å²) >= 11 is 0. The summed E-state index contributed by atoms with van der Waals surface area (Å²) in [5.41, 5.74) is 5.67. The zero-order chi connectivity index (χ0) is 12.9. The van der Waals surface area contributed by atoms with Gasteiger partial charge in [0.1, 0.15) is 6.54 Å². The van der Waals surface area contributed by atoms with Gasteiger partial charge in [-0.05, 0) is 18.2 Å². The predicted molar refractivity (Wildman–Crippen MR) is 63.7 cm³/mol. The highest BCUT2D eigenvalue weighted by Gasteiger charge is 2.13. The lowest BCUT2D eigenvalue weighted by Gasteiger charge is -2.06. The van der Waals surface area contributed by atoms with Crippen molar-refractivity contribution in [1.29, 1.82) is 0 Å². The predicted octanol–water partition coefficient (Wildman–Crippen LogP) is -0.0845. The summed E-state index contributed by atoms with van der Waals surface area (Å²) in [6, 6.07) is 6.00. The molecule has 0 fully saturated rings. The topological polar surface area (TPSA) is 109 Å². The third kappa shape index (κ3) is 4.04. The fourth-order valence-corrected chi connectivity index (χ4v) is 2.39. The number of nitrogens with two attached hydrogens (primary N) is 1. The summed E-state index contributed by atoms with van der Waals surface area (Å²) in [4.78, 5) is 10.5. The molecule has 1 aromatic rings. The molecule has 0 saturated heterocycles. The van der Waals surface area contributed by atoms with Crippen molar-refractivity contribution in [3.63, 3.8) is 0 Å². The quantitative estimate of drug-likeness (QED) is 0.658. The minimum Gasteiger partial charge on any atom is -0.480 e. The van der Waals surface area contributed by atoms with Gasteiger partial charge in [0.2, 0.25) is 0 Å². The van der Waals surface area contributed by atoms with Crippen LogP contribution in [0.1, 0.15) is 0 Å². The number of anilines is 1. The van der Waals surface area contributed by atoms with Crippen LogP contribution in [0.2, 0.25) is 0 Å². The van der Waals surface area contributed by atoms with Crippen LogP contribution in [0.4, 0.5) is 5.69 Å². The molecule has 1 rings (SSSR count). The molecule has 0 unspecified atom stereocenters. The number of hydrogen-bond donors (Lipinski definition) is 3. The Bertz CT molecular complexity index is 499. The summed E-state index contributed by atoms with van der Waals surface area (Å²) < 4.78 is 23.4. The molecule has 6 nitrogen and oxygen atoms in total. The highest BCUT2D eigenvalue weighted by Crippen LogP contribution is 2.16. The van der Waals surface area contributed by atoms with Gasteiger partial charge in [-0.3, -0.25) is 4.79 Å². The van der Waals surface area contributed by atoms with E-state index in [0.29, 0.717) is 5.69 Å². The third-order valence-electron chi connectivity index (χ3n) is 2.02. The summed E-state index contributed by atoms with van der Waals surface area (Å²) in [5.74, 6) is -1.14. The second-order valence-corrected chi connectivity index (χ2v) is 5.49. The first kappa shape index (κ1) is 13.5. The van der Waals surface area contributed by atoms with Crippen LogP contribution in [0.15, 0.2) is 29.2 Å². The van der Waals surface area contributed by atoms with E-state index in [0.717, 1.165) is 0 Å². The van der Waals surface area contributed by atoms with Gasteiger partial charge in [-0.1, -0.05) is 6.07 Å². The van der Waals surface area contributed by atoms with Gasteiger partial charge in [-0.15, -0.1) is 0 Å². The molecule has 0 atom stereocenters. The van der Waals surface area contributed by atoms with Crippen molar-refractivity contribution in [3.8, 4) is 0 Å². The molecule has 0 heterocycles. The van der Waals surface area contributed by atoms with Crippen LogP contribution in [0, 0.1) is 0 Å². The van der Waals surface area contributed by atoms with Crippen molar-refractivity contribution >= 4 is 21.5 Å². The van der Waals surface area contributed by atoms with E-state index in [1.165, 1.54) is 12.1 Å². The van der Waals surface area contributed by atoms with Crippen LogP contribution in [-0.4, -0.2) is 38.3 Å². The maximum atomic E-state index is 11.7. The van der Waals surface area contributed by atoms with Crippen LogP contribution in [0.5, 0.6) is 0 Å². The zero-order valence-corrected chi connectivity index (χ0v) is 9.90. The molecular formula is C10H14N2O4S. The highest BCUT2D eigenvalue weighted by atomic mass is 32.2. The molecule has 0 aliphatic rings. The minimum atomic E-state index is -3.38. The first-order chi connectivity index (χ1) is 7.95. The number of benzene rings is 1. The number of hydrogen-bond acceptors (Lipinski definition) is 5. The SMILES string of the molecule is NCCS(=O)(=O)c1cccc(NCC(=O)O)c1. The molecule has 0 bridgehead atoms. The number of rotatable bonds is 6. The first-order valence-corrected chi connectivity index (χ1v) is 6.59. The maximum Gasteiger partial charge on any atom is 0.322 e. The van der Waals surface area contributed by atoms with Gasteiger partial charge in [0.15, 0.2) is 9.84 Å². The lowest BCUT2D eigenvalue weighted by molar-refractivity contribution is -0.134. The summed E-state index contributed by atoms with van der Waals surface area (Å²) in [7, 11) is -3.38. The van der Waals surface area contributed by atoms with Crippen molar-refractivity contribution in [2.24, 2.45) is 5.73 Å². The third-order valence-corrected chi connectivity index (χ3v) is 3.77. The summed E-state index contributed by atoms with van der Waals surface area (Å²) in [6.07, 6.45) is 0. The molecule has 17 heavy (non-hydrogen) atoms. The van der Waals surface area contributed by atoms with E-state index >= 15 is 0 Å².